The van der Waals surface area contributed by atoms with Crippen molar-refractivity contribution in [3.63, 3.8) is 0 Å². The molecule has 0 saturated carbocycles. The highest BCUT2D eigenvalue weighted by Crippen LogP contribution is 2.22. The number of amides is 1. The molecule has 1 N–H and O–H groups in total. The number of pyridine rings is 2. The maximum Gasteiger partial charge on any atom is 0.254 e. The molecule has 0 aliphatic carbocycles. The molecule has 6 nitrogen and oxygen atoms in total. The quantitative estimate of drug-likeness (QED) is 0.439. The SMILES string of the molecule is Cc1ccc(C(=O)N2CCOC[C@@H](Cc3ccc4ccncc4c3)C2)cc1NCc1ccccn1. The molecule has 2 aromatic carbocycles. The van der Waals surface area contributed by atoms with Crippen LogP contribution < -0.4 is 5.32 Å². The fourth-order valence-electron chi connectivity index (χ4n) is 4.60. The number of aryl methyl sites for hydroxylation is 1. The van der Waals surface area contributed by atoms with Gasteiger partial charge in [0.05, 0.1) is 25.5 Å². The predicted molar refractivity (Wildman–Crippen MR) is 138 cm³/mol. The molecule has 1 amide bonds. The lowest BCUT2D eigenvalue weighted by Crippen LogP contribution is -2.36. The van der Waals surface area contributed by atoms with Crippen molar-refractivity contribution < 1.29 is 9.53 Å². The minimum absolute atomic E-state index is 0.0455. The smallest absolute Gasteiger partial charge is 0.254 e. The van der Waals surface area contributed by atoms with E-state index in [1.165, 1.54) is 10.9 Å². The highest BCUT2D eigenvalue weighted by molar-refractivity contribution is 5.95. The molecule has 1 saturated heterocycles. The predicted octanol–water partition coefficient (Wildman–Crippen LogP) is 4.88. The molecule has 0 spiro atoms. The highest BCUT2D eigenvalue weighted by Gasteiger charge is 2.24. The first-order chi connectivity index (χ1) is 17.2. The average Bonchev–Trinajstić information content (AvgIpc) is 3.14. The fraction of sp³-hybridized carbons (Fsp3) is 0.276. The number of ether oxygens (including phenoxy) is 1. The summed E-state index contributed by atoms with van der Waals surface area (Å²) in [7, 11) is 0. The van der Waals surface area contributed by atoms with Gasteiger partial charge in [0, 0.05) is 54.2 Å². The Labute approximate surface area is 206 Å². The largest absolute Gasteiger partial charge is 0.379 e. The number of hydrogen-bond donors (Lipinski definition) is 1. The van der Waals surface area contributed by atoms with Gasteiger partial charge in [0.2, 0.25) is 0 Å². The van der Waals surface area contributed by atoms with Gasteiger partial charge in [-0.25, -0.2) is 0 Å². The van der Waals surface area contributed by atoms with Crippen LogP contribution in [0.15, 0.2) is 79.3 Å². The van der Waals surface area contributed by atoms with Gasteiger partial charge in [0.15, 0.2) is 0 Å². The molecule has 1 aliphatic rings. The van der Waals surface area contributed by atoms with Gasteiger partial charge in [-0.2, -0.15) is 0 Å². The van der Waals surface area contributed by atoms with Crippen LogP contribution in [0.1, 0.15) is 27.2 Å². The lowest BCUT2D eigenvalue weighted by atomic mass is 9.97. The van der Waals surface area contributed by atoms with Gasteiger partial charge in [-0.15, -0.1) is 0 Å². The third-order valence-corrected chi connectivity index (χ3v) is 6.52. The van der Waals surface area contributed by atoms with Crippen LogP contribution in [-0.2, 0) is 17.7 Å². The third-order valence-electron chi connectivity index (χ3n) is 6.52. The topological polar surface area (TPSA) is 67.4 Å². The number of nitrogens with one attached hydrogen (secondary N) is 1. The summed E-state index contributed by atoms with van der Waals surface area (Å²) in [6, 6.07) is 20.3. The lowest BCUT2D eigenvalue weighted by Gasteiger charge is -2.24. The molecule has 2 aromatic heterocycles. The Morgan fingerprint density at radius 3 is 2.91 bits per heavy atom. The zero-order valence-electron chi connectivity index (χ0n) is 20.0. The standard InChI is InChI=1S/C29H30N4O2/c1-21-5-7-25(16-28(21)32-18-27-4-2-3-10-31-27)29(34)33-12-13-35-20-23(19-33)14-22-6-8-24-9-11-30-17-26(24)15-22/h2-11,15-17,23,32H,12-14,18-20H2,1H3/t23-/m0/s1. The zero-order chi connectivity index (χ0) is 24.0. The lowest BCUT2D eigenvalue weighted by molar-refractivity contribution is 0.0737. The minimum Gasteiger partial charge on any atom is -0.379 e. The number of anilines is 1. The number of carbonyl (C=O) groups excluding carboxylic acids is 1. The Hall–Kier alpha value is -3.77. The Bertz CT molecular complexity index is 1310. The molecule has 0 radical (unpaired) electrons. The maximum absolute atomic E-state index is 13.5. The number of nitrogens with zero attached hydrogens (tertiary/aromatic N) is 3. The molecule has 178 valence electrons. The Balaban J connectivity index is 1.28. The first kappa shape index (κ1) is 23.0. The van der Waals surface area contributed by atoms with E-state index in [1.807, 2.05) is 66.7 Å². The molecule has 3 heterocycles. The summed E-state index contributed by atoms with van der Waals surface area (Å²) in [6.45, 7) is 5.14. The molecule has 0 unspecified atom stereocenters. The molecule has 35 heavy (non-hydrogen) atoms. The first-order valence-corrected chi connectivity index (χ1v) is 12.1. The van der Waals surface area contributed by atoms with E-state index in [9.17, 15) is 4.79 Å². The summed E-state index contributed by atoms with van der Waals surface area (Å²) in [5.41, 5.74) is 4.94. The normalized spacial score (nSPS) is 16.1. The van der Waals surface area contributed by atoms with Crippen molar-refractivity contribution >= 4 is 22.4 Å². The molecule has 1 atom stereocenters. The molecule has 0 bridgehead atoms. The van der Waals surface area contributed by atoms with Gasteiger partial charge in [0.25, 0.3) is 5.91 Å². The number of fused-ring (bicyclic) bond motifs is 1. The van der Waals surface area contributed by atoms with E-state index in [4.69, 9.17) is 4.74 Å². The van der Waals surface area contributed by atoms with Gasteiger partial charge >= 0.3 is 0 Å². The van der Waals surface area contributed by atoms with Crippen molar-refractivity contribution in [2.24, 2.45) is 5.92 Å². The summed E-state index contributed by atoms with van der Waals surface area (Å²) in [5, 5.41) is 5.75. The molecular formula is C29H30N4O2. The van der Waals surface area contributed by atoms with Crippen molar-refractivity contribution in [2.75, 3.05) is 31.6 Å². The van der Waals surface area contributed by atoms with Crippen LogP contribution in [0.5, 0.6) is 0 Å². The van der Waals surface area contributed by atoms with Crippen molar-refractivity contribution in [3.8, 4) is 0 Å². The molecule has 6 heteroatoms. The monoisotopic (exact) mass is 466 g/mol. The van der Waals surface area contributed by atoms with Crippen molar-refractivity contribution in [1.82, 2.24) is 14.9 Å². The summed E-state index contributed by atoms with van der Waals surface area (Å²) in [6.07, 6.45) is 6.36. The van der Waals surface area contributed by atoms with E-state index in [0.717, 1.165) is 28.8 Å². The van der Waals surface area contributed by atoms with Crippen LogP contribution >= 0.6 is 0 Å². The summed E-state index contributed by atoms with van der Waals surface area (Å²) in [4.78, 5) is 24.0. The van der Waals surface area contributed by atoms with Gasteiger partial charge in [-0.05, 0) is 66.3 Å². The van der Waals surface area contributed by atoms with E-state index in [0.29, 0.717) is 38.4 Å². The highest BCUT2D eigenvalue weighted by atomic mass is 16.5. The van der Waals surface area contributed by atoms with Gasteiger partial charge in [-0.1, -0.05) is 24.3 Å². The van der Waals surface area contributed by atoms with E-state index in [1.54, 1.807) is 6.20 Å². The Kier molecular flexibility index (Phi) is 7.00. The number of rotatable bonds is 6. The van der Waals surface area contributed by atoms with Crippen molar-refractivity contribution in [2.45, 2.75) is 19.9 Å². The number of benzene rings is 2. The van der Waals surface area contributed by atoms with Gasteiger partial charge in [0.1, 0.15) is 0 Å². The van der Waals surface area contributed by atoms with Crippen molar-refractivity contribution in [1.29, 1.82) is 0 Å². The third kappa shape index (κ3) is 5.66. The van der Waals surface area contributed by atoms with E-state index in [-0.39, 0.29) is 11.8 Å². The second-order valence-corrected chi connectivity index (χ2v) is 9.16. The second-order valence-electron chi connectivity index (χ2n) is 9.16. The molecular weight excluding hydrogens is 436 g/mol. The average molecular weight is 467 g/mol. The first-order valence-electron chi connectivity index (χ1n) is 12.1. The summed E-state index contributed by atoms with van der Waals surface area (Å²) in [5.74, 6) is 0.284. The van der Waals surface area contributed by atoms with Crippen LogP contribution in [0.4, 0.5) is 5.69 Å². The zero-order valence-corrected chi connectivity index (χ0v) is 20.0. The van der Waals surface area contributed by atoms with Crippen molar-refractivity contribution in [3.05, 3.63) is 102 Å². The van der Waals surface area contributed by atoms with E-state index >= 15 is 0 Å². The number of hydrogen-bond acceptors (Lipinski definition) is 5. The van der Waals surface area contributed by atoms with Crippen LogP contribution in [-0.4, -0.2) is 47.1 Å². The van der Waals surface area contributed by atoms with Crippen LogP contribution in [0.2, 0.25) is 0 Å². The van der Waals surface area contributed by atoms with E-state index < -0.39 is 0 Å². The molecule has 1 aliphatic heterocycles. The number of carbonyl (C=O) groups is 1. The fourth-order valence-corrected chi connectivity index (χ4v) is 4.60. The molecule has 1 fully saturated rings. The van der Waals surface area contributed by atoms with Crippen LogP contribution in [0.3, 0.4) is 0 Å². The molecule has 5 rings (SSSR count). The van der Waals surface area contributed by atoms with Gasteiger partial charge < -0.3 is 15.0 Å². The van der Waals surface area contributed by atoms with E-state index in [2.05, 4.69) is 33.5 Å². The van der Waals surface area contributed by atoms with Gasteiger partial charge in [-0.3, -0.25) is 14.8 Å². The maximum atomic E-state index is 13.5. The molecule has 4 aromatic rings. The Morgan fingerprint density at radius 1 is 1.09 bits per heavy atom. The Morgan fingerprint density at radius 2 is 2.03 bits per heavy atom. The van der Waals surface area contributed by atoms with Crippen LogP contribution in [0.25, 0.3) is 10.8 Å². The summed E-state index contributed by atoms with van der Waals surface area (Å²) >= 11 is 0. The van der Waals surface area contributed by atoms with Crippen LogP contribution in [0, 0.1) is 12.8 Å². The minimum atomic E-state index is 0.0455. The number of aromatic nitrogens is 2. The summed E-state index contributed by atoms with van der Waals surface area (Å²) < 4.78 is 5.89. The second kappa shape index (κ2) is 10.7.